The summed E-state index contributed by atoms with van der Waals surface area (Å²) in [5.74, 6) is -0.0187. The molecule has 2 aromatic heterocycles. The molecule has 1 aliphatic heterocycles. The second kappa shape index (κ2) is 8.63. The van der Waals surface area contributed by atoms with E-state index in [9.17, 15) is 14.0 Å². The number of carbonyl (C=O) groups excluding carboxylic acids is 1. The standard InChI is InChI=1S/C25H24ClFN4O2/c1-16-5-4-10-29(12-16)22(32)14-31-21-9-8-18(27)11-19(21)23-24(31)25(33)30(15-28-23)13-17-6-2-3-7-20(17)26/h2-3,6-9,11,15-16H,4-5,10,12-14H2,1H3. The minimum atomic E-state index is -0.417. The SMILES string of the molecule is CC1CCCN(C(=O)Cn2c3ccc(F)cc3c3ncn(Cc4ccccc4Cl)c(=O)c32)C1. The van der Waals surface area contributed by atoms with Gasteiger partial charge in [-0.15, -0.1) is 0 Å². The van der Waals surface area contributed by atoms with Gasteiger partial charge in [0.25, 0.3) is 5.56 Å². The minimum Gasteiger partial charge on any atom is -0.341 e. The normalized spacial score (nSPS) is 16.6. The number of benzene rings is 2. The largest absolute Gasteiger partial charge is 0.341 e. The molecule has 5 rings (SSSR count). The number of likely N-dealkylation sites (tertiary alicyclic amines) is 1. The average molecular weight is 467 g/mol. The first-order valence-corrected chi connectivity index (χ1v) is 11.5. The molecule has 170 valence electrons. The molecule has 0 aliphatic carbocycles. The molecule has 1 unspecified atom stereocenters. The van der Waals surface area contributed by atoms with Gasteiger partial charge in [0.15, 0.2) is 0 Å². The van der Waals surface area contributed by atoms with Crippen LogP contribution >= 0.6 is 11.6 Å². The predicted octanol–water partition coefficient (Wildman–Crippen LogP) is 4.45. The molecule has 8 heteroatoms. The van der Waals surface area contributed by atoms with Crippen LogP contribution in [-0.2, 0) is 17.9 Å². The van der Waals surface area contributed by atoms with Gasteiger partial charge in [-0.1, -0.05) is 36.7 Å². The summed E-state index contributed by atoms with van der Waals surface area (Å²) in [7, 11) is 0. The first-order valence-electron chi connectivity index (χ1n) is 11.1. The van der Waals surface area contributed by atoms with Gasteiger partial charge in [0.1, 0.15) is 23.4 Å². The fourth-order valence-corrected chi connectivity index (χ4v) is 4.91. The molecule has 1 atom stereocenters. The van der Waals surface area contributed by atoms with Crippen LogP contribution in [-0.4, -0.2) is 38.0 Å². The van der Waals surface area contributed by atoms with E-state index in [0.717, 1.165) is 18.4 Å². The number of amides is 1. The highest BCUT2D eigenvalue weighted by Gasteiger charge is 2.24. The highest BCUT2D eigenvalue weighted by atomic mass is 35.5. The molecule has 0 spiro atoms. The third-order valence-electron chi connectivity index (χ3n) is 6.39. The van der Waals surface area contributed by atoms with Crippen molar-refractivity contribution >= 4 is 39.4 Å². The van der Waals surface area contributed by atoms with Crippen molar-refractivity contribution in [1.29, 1.82) is 0 Å². The number of hydrogen-bond acceptors (Lipinski definition) is 3. The second-order valence-electron chi connectivity index (χ2n) is 8.80. The zero-order chi connectivity index (χ0) is 23.1. The van der Waals surface area contributed by atoms with E-state index in [0.29, 0.717) is 46.0 Å². The molecule has 0 radical (unpaired) electrons. The number of hydrogen-bond donors (Lipinski definition) is 0. The Morgan fingerprint density at radius 3 is 2.85 bits per heavy atom. The predicted molar refractivity (Wildman–Crippen MR) is 127 cm³/mol. The Balaban J connectivity index is 1.63. The summed E-state index contributed by atoms with van der Waals surface area (Å²) in [6.07, 6.45) is 3.53. The molecule has 4 aromatic rings. The summed E-state index contributed by atoms with van der Waals surface area (Å²) in [5.41, 5.74) is 1.80. The van der Waals surface area contributed by atoms with Crippen molar-refractivity contribution in [3.8, 4) is 0 Å². The van der Waals surface area contributed by atoms with Crippen LogP contribution in [0.5, 0.6) is 0 Å². The Morgan fingerprint density at radius 2 is 2.06 bits per heavy atom. The molecule has 1 amide bonds. The lowest BCUT2D eigenvalue weighted by Crippen LogP contribution is -2.41. The first kappa shape index (κ1) is 21.6. The van der Waals surface area contributed by atoms with E-state index < -0.39 is 5.82 Å². The lowest BCUT2D eigenvalue weighted by molar-refractivity contribution is -0.133. The second-order valence-corrected chi connectivity index (χ2v) is 9.21. The monoisotopic (exact) mass is 466 g/mol. The zero-order valence-corrected chi connectivity index (χ0v) is 19.1. The van der Waals surface area contributed by atoms with Crippen molar-refractivity contribution in [3.05, 3.63) is 75.5 Å². The maximum atomic E-state index is 14.1. The quantitative estimate of drug-likeness (QED) is 0.446. The van der Waals surface area contributed by atoms with Gasteiger partial charge < -0.3 is 9.47 Å². The van der Waals surface area contributed by atoms with Crippen LogP contribution in [0.15, 0.2) is 53.6 Å². The van der Waals surface area contributed by atoms with Gasteiger partial charge >= 0.3 is 0 Å². The van der Waals surface area contributed by atoms with Crippen LogP contribution in [0.1, 0.15) is 25.3 Å². The summed E-state index contributed by atoms with van der Waals surface area (Å²) in [4.78, 5) is 33.1. The fraction of sp³-hybridized carbons (Fsp3) is 0.320. The molecule has 33 heavy (non-hydrogen) atoms. The van der Waals surface area contributed by atoms with Gasteiger partial charge in [-0.3, -0.25) is 14.2 Å². The Hall–Kier alpha value is -3.19. The van der Waals surface area contributed by atoms with Crippen molar-refractivity contribution < 1.29 is 9.18 Å². The molecule has 3 heterocycles. The topological polar surface area (TPSA) is 60.1 Å². The van der Waals surface area contributed by atoms with E-state index in [2.05, 4.69) is 11.9 Å². The summed E-state index contributed by atoms with van der Waals surface area (Å²) in [6.45, 7) is 3.81. The van der Waals surface area contributed by atoms with Crippen LogP contribution in [0.2, 0.25) is 5.02 Å². The molecule has 0 N–H and O–H groups in total. The van der Waals surface area contributed by atoms with E-state index in [1.807, 2.05) is 23.1 Å². The van der Waals surface area contributed by atoms with E-state index in [-0.39, 0.29) is 24.6 Å². The van der Waals surface area contributed by atoms with Crippen molar-refractivity contribution in [2.75, 3.05) is 13.1 Å². The summed E-state index contributed by atoms with van der Waals surface area (Å²) in [6, 6.07) is 11.6. The third-order valence-corrected chi connectivity index (χ3v) is 6.76. The van der Waals surface area contributed by atoms with E-state index in [1.54, 1.807) is 16.7 Å². The van der Waals surface area contributed by atoms with Gasteiger partial charge in [0.05, 0.1) is 18.4 Å². The molecule has 1 saturated heterocycles. The lowest BCUT2D eigenvalue weighted by atomic mass is 10.0. The van der Waals surface area contributed by atoms with Gasteiger partial charge in [-0.25, -0.2) is 9.37 Å². The summed E-state index contributed by atoms with van der Waals surface area (Å²) >= 11 is 6.29. The van der Waals surface area contributed by atoms with E-state index in [4.69, 9.17) is 11.6 Å². The Bertz CT molecular complexity index is 1430. The molecule has 6 nitrogen and oxygen atoms in total. The van der Waals surface area contributed by atoms with Crippen molar-refractivity contribution in [1.82, 2.24) is 19.0 Å². The number of aromatic nitrogens is 3. The Labute approximate surface area is 195 Å². The Morgan fingerprint density at radius 1 is 1.24 bits per heavy atom. The molecule has 2 aromatic carbocycles. The van der Waals surface area contributed by atoms with E-state index in [1.165, 1.54) is 23.0 Å². The lowest BCUT2D eigenvalue weighted by Gasteiger charge is -2.31. The minimum absolute atomic E-state index is 0.00534. The average Bonchev–Trinajstić information content (AvgIpc) is 3.10. The van der Waals surface area contributed by atoms with Crippen molar-refractivity contribution in [2.24, 2.45) is 5.92 Å². The van der Waals surface area contributed by atoms with Crippen molar-refractivity contribution in [3.63, 3.8) is 0 Å². The molecular weight excluding hydrogens is 443 g/mol. The number of nitrogens with zero attached hydrogens (tertiary/aromatic N) is 4. The number of carbonyl (C=O) groups is 1. The van der Waals surface area contributed by atoms with Crippen LogP contribution in [0.3, 0.4) is 0 Å². The first-order chi connectivity index (χ1) is 15.9. The van der Waals surface area contributed by atoms with E-state index >= 15 is 0 Å². The number of halogens is 2. The molecule has 0 saturated carbocycles. The molecule has 1 fully saturated rings. The summed E-state index contributed by atoms with van der Waals surface area (Å²) in [5, 5.41) is 1.08. The van der Waals surface area contributed by atoms with Gasteiger partial charge in [-0.2, -0.15) is 0 Å². The van der Waals surface area contributed by atoms with Crippen LogP contribution in [0.25, 0.3) is 21.9 Å². The smallest absolute Gasteiger partial charge is 0.278 e. The Kier molecular flexibility index (Phi) is 5.66. The molecule has 0 bridgehead atoms. The zero-order valence-electron chi connectivity index (χ0n) is 18.3. The van der Waals surface area contributed by atoms with Gasteiger partial charge in [-0.05, 0) is 48.6 Å². The number of rotatable bonds is 4. The van der Waals surface area contributed by atoms with Gasteiger partial charge in [0, 0.05) is 23.5 Å². The van der Waals surface area contributed by atoms with Gasteiger partial charge in [0.2, 0.25) is 5.91 Å². The maximum Gasteiger partial charge on any atom is 0.278 e. The third kappa shape index (κ3) is 4.02. The van der Waals surface area contributed by atoms with Crippen LogP contribution in [0, 0.1) is 11.7 Å². The molecular formula is C25H24ClFN4O2. The fourth-order valence-electron chi connectivity index (χ4n) is 4.71. The molecule has 1 aliphatic rings. The highest BCUT2D eigenvalue weighted by Crippen LogP contribution is 2.27. The van der Waals surface area contributed by atoms with Crippen LogP contribution in [0.4, 0.5) is 4.39 Å². The van der Waals surface area contributed by atoms with Crippen LogP contribution < -0.4 is 5.56 Å². The van der Waals surface area contributed by atoms with Crippen molar-refractivity contribution in [2.45, 2.75) is 32.9 Å². The number of fused-ring (bicyclic) bond motifs is 3. The maximum absolute atomic E-state index is 14.1. The highest BCUT2D eigenvalue weighted by molar-refractivity contribution is 6.31. The summed E-state index contributed by atoms with van der Waals surface area (Å²) < 4.78 is 17.2. The number of piperidine rings is 1.